The SMILES string of the molecule is Cc1cc2c(c(C)c1C)CN(C)C2=O. The van der Waals surface area contributed by atoms with Gasteiger partial charge in [-0.05, 0) is 49.1 Å². The third-order valence-electron chi connectivity index (χ3n) is 3.27. The molecule has 0 spiro atoms. The fourth-order valence-electron chi connectivity index (χ4n) is 2.05. The molecular formula is C12H15NO. The summed E-state index contributed by atoms with van der Waals surface area (Å²) in [6.07, 6.45) is 0. The van der Waals surface area contributed by atoms with Gasteiger partial charge in [0.15, 0.2) is 0 Å². The minimum Gasteiger partial charge on any atom is -0.337 e. The molecule has 74 valence electrons. The monoisotopic (exact) mass is 189 g/mol. The van der Waals surface area contributed by atoms with Gasteiger partial charge in [0.25, 0.3) is 5.91 Å². The normalized spacial score (nSPS) is 14.9. The first kappa shape index (κ1) is 9.25. The van der Waals surface area contributed by atoms with E-state index in [0.29, 0.717) is 0 Å². The number of benzene rings is 1. The summed E-state index contributed by atoms with van der Waals surface area (Å²) in [6.45, 7) is 7.05. The van der Waals surface area contributed by atoms with Crippen LogP contribution in [0.5, 0.6) is 0 Å². The van der Waals surface area contributed by atoms with Crippen LogP contribution in [0.2, 0.25) is 0 Å². The van der Waals surface area contributed by atoms with Gasteiger partial charge in [0.05, 0.1) is 0 Å². The molecule has 0 N–H and O–H groups in total. The fraction of sp³-hybridized carbons (Fsp3) is 0.417. The van der Waals surface area contributed by atoms with Gasteiger partial charge in [0, 0.05) is 19.2 Å². The number of rotatable bonds is 0. The number of hydrogen-bond acceptors (Lipinski definition) is 1. The lowest BCUT2D eigenvalue weighted by atomic mass is 9.95. The summed E-state index contributed by atoms with van der Waals surface area (Å²) in [5, 5.41) is 0. The predicted molar refractivity (Wildman–Crippen MR) is 56.5 cm³/mol. The van der Waals surface area contributed by atoms with Crippen LogP contribution in [0.4, 0.5) is 0 Å². The van der Waals surface area contributed by atoms with Crippen molar-refractivity contribution in [2.45, 2.75) is 27.3 Å². The van der Waals surface area contributed by atoms with Crippen LogP contribution >= 0.6 is 0 Å². The Morgan fingerprint density at radius 1 is 1.21 bits per heavy atom. The summed E-state index contributed by atoms with van der Waals surface area (Å²) in [5.41, 5.74) is 5.91. The molecule has 0 saturated heterocycles. The zero-order valence-electron chi connectivity index (χ0n) is 9.14. The second-order valence-corrected chi connectivity index (χ2v) is 4.13. The lowest BCUT2D eigenvalue weighted by Crippen LogP contribution is -2.17. The first-order valence-electron chi connectivity index (χ1n) is 4.87. The van der Waals surface area contributed by atoms with Gasteiger partial charge in [-0.3, -0.25) is 4.79 Å². The molecule has 1 amide bonds. The molecule has 14 heavy (non-hydrogen) atoms. The molecule has 2 heteroatoms. The zero-order chi connectivity index (χ0) is 10.5. The van der Waals surface area contributed by atoms with Gasteiger partial charge in [-0.25, -0.2) is 0 Å². The lowest BCUT2D eigenvalue weighted by Gasteiger charge is -2.08. The summed E-state index contributed by atoms with van der Waals surface area (Å²) >= 11 is 0. The maximum atomic E-state index is 11.7. The number of nitrogens with zero attached hydrogens (tertiary/aromatic N) is 1. The van der Waals surface area contributed by atoms with E-state index < -0.39 is 0 Å². The predicted octanol–water partition coefficient (Wildman–Crippen LogP) is 2.20. The summed E-state index contributed by atoms with van der Waals surface area (Å²) < 4.78 is 0. The van der Waals surface area contributed by atoms with Gasteiger partial charge in [-0.15, -0.1) is 0 Å². The average Bonchev–Trinajstić information content (AvgIpc) is 2.42. The Labute approximate surface area is 84.5 Å². The van der Waals surface area contributed by atoms with Gasteiger partial charge in [-0.1, -0.05) is 0 Å². The van der Waals surface area contributed by atoms with Crippen LogP contribution in [0.15, 0.2) is 6.07 Å². The van der Waals surface area contributed by atoms with Crippen molar-refractivity contribution in [3.8, 4) is 0 Å². The molecule has 0 saturated carbocycles. The first-order valence-corrected chi connectivity index (χ1v) is 4.87. The van der Waals surface area contributed by atoms with E-state index in [2.05, 4.69) is 20.8 Å². The molecule has 2 rings (SSSR count). The van der Waals surface area contributed by atoms with E-state index >= 15 is 0 Å². The Balaban J connectivity index is 2.70. The first-order chi connectivity index (χ1) is 6.52. The van der Waals surface area contributed by atoms with Crippen molar-refractivity contribution >= 4 is 5.91 Å². The summed E-state index contributed by atoms with van der Waals surface area (Å²) in [6, 6.07) is 2.02. The lowest BCUT2D eigenvalue weighted by molar-refractivity contribution is 0.0816. The second-order valence-electron chi connectivity index (χ2n) is 4.13. The summed E-state index contributed by atoms with van der Waals surface area (Å²) in [4.78, 5) is 13.5. The minimum absolute atomic E-state index is 0.159. The topological polar surface area (TPSA) is 20.3 Å². The van der Waals surface area contributed by atoms with E-state index in [1.807, 2.05) is 13.1 Å². The third kappa shape index (κ3) is 1.07. The number of fused-ring (bicyclic) bond motifs is 1. The maximum Gasteiger partial charge on any atom is 0.254 e. The smallest absolute Gasteiger partial charge is 0.254 e. The van der Waals surface area contributed by atoms with E-state index in [9.17, 15) is 4.79 Å². The van der Waals surface area contributed by atoms with Crippen molar-refractivity contribution in [3.63, 3.8) is 0 Å². The number of carbonyl (C=O) groups excluding carboxylic acids is 1. The Bertz CT molecular complexity index is 421. The highest BCUT2D eigenvalue weighted by Crippen LogP contribution is 2.28. The minimum atomic E-state index is 0.159. The van der Waals surface area contributed by atoms with Gasteiger partial charge in [0.2, 0.25) is 0 Å². The van der Waals surface area contributed by atoms with E-state index in [1.165, 1.54) is 22.3 Å². The van der Waals surface area contributed by atoms with Gasteiger partial charge in [0.1, 0.15) is 0 Å². The molecule has 0 fully saturated rings. The molecule has 0 aromatic heterocycles. The van der Waals surface area contributed by atoms with E-state index in [4.69, 9.17) is 0 Å². The number of aryl methyl sites for hydroxylation is 1. The maximum absolute atomic E-state index is 11.7. The van der Waals surface area contributed by atoms with E-state index in [1.54, 1.807) is 4.90 Å². The van der Waals surface area contributed by atoms with Crippen LogP contribution in [-0.2, 0) is 6.54 Å². The van der Waals surface area contributed by atoms with Crippen LogP contribution in [-0.4, -0.2) is 17.9 Å². The van der Waals surface area contributed by atoms with Crippen molar-refractivity contribution in [3.05, 3.63) is 33.9 Å². The Hall–Kier alpha value is -1.31. The molecule has 1 aromatic carbocycles. The quantitative estimate of drug-likeness (QED) is 0.612. The molecule has 2 nitrogen and oxygen atoms in total. The van der Waals surface area contributed by atoms with E-state index in [0.717, 1.165) is 12.1 Å². The summed E-state index contributed by atoms with van der Waals surface area (Å²) in [5.74, 6) is 0.159. The molecule has 0 unspecified atom stereocenters. The fourth-order valence-corrected chi connectivity index (χ4v) is 2.05. The van der Waals surface area contributed by atoms with Crippen LogP contribution in [0.25, 0.3) is 0 Å². The molecule has 0 bridgehead atoms. The number of carbonyl (C=O) groups is 1. The Morgan fingerprint density at radius 2 is 1.86 bits per heavy atom. The molecule has 0 aliphatic carbocycles. The molecule has 1 aliphatic heterocycles. The standard InChI is InChI=1S/C12H15NO/c1-7-5-10-11(9(3)8(7)2)6-13(4)12(10)14/h5H,6H2,1-4H3. The third-order valence-corrected chi connectivity index (χ3v) is 3.27. The Kier molecular flexibility index (Phi) is 1.88. The van der Waals surface area contributed by atoms with Crippen LogP contribution < -0.4 is 0 Å². The molecule has 0 atom stereocenters. The largest absolute Gasteiger partial charge is 0.337 e. The number of amides is 1. The molecule has 1 heterocycles. The van der Waals surface area contributed by atoms with Gasteiger partial charge in [-0.2, -0.15) is 0 Å². The highest BCUT2D eigenvalue weighted by Gasteiger charge is 2.26. The van der Waals surface area contributed by atoms with Crippen molar-refractivity contribution in [1.29, 1.82) is 0 Å². The highest BCUT2D eigenvalue weighted by molar-refractivity contribution is 5.99. The Morgan fingerprint density at radius 3 is 2.50 bits per heavy atom. The van der Waals surface area contributed by atoms with E-state index in [-0.39, 0.29) is 5.91 Å². The van der Waals surface area contributed by atoms with Crippen molar-refractivity contribution in [2.75, 3.05) is 7.05 Å². The molecule has 0 radical (unpaired) electrons. The van der Waals surface area contributed by atoms with Crippen molar-refractivity contribution in [1.82, 2.24) is 4.90 Å². The van der Waals surface area contributed by atoms with Crippen LogP contribution in [0, 0.1) is 20.8 Å². The highest BCUT2D eigenvalue weighted by atomic mass is 16.2. The van der Waals surface area contributed by atoms with Gasteiger partial charge >= 0.3 is 0 Å². The van der Waals surface area contributed by atoms with Crippen LogP contribution in [0.1, 0.15) is 32.6 Å². The molecular weight excluding hydrogens is 174 g/mol. The van der Waals surface area contributed by atoms with Crippen molar-refractivity contribution < 1.29 is 4.79 Å². The molecule has 1 aromatic rings. The summed E-state index contributed by atoms with van der Waals surface area (Å²) in [7, 11) is 1.85. The molecule has 1 aliphatic rings. The zero-order valence-corrected chi connectivity index (χ0v) is 9.14. The van der Waals surface area contributed by atoms with Crippen LogP contribution in [0.3, 0.4) is 0 Å². The van der Waals surface area contributed by atoms with Crippen molar-refractivity contribution in [2.24, 2.45) is 0 Å². The second kappa shape index (κ2) is 2.84. The number of hydrogen-bond donors (Lipinski definition) is 0. The average molecular weight is 189 g/mol. The van der Waals surface area contributed by atoms with Gasteiger partial charge < -0.3 is 4.90 Å².